The van der Waals surface area contributed by atoms with Crippen molar-refractivity contribution in [2.75, 3.05) is 25.2 Å². The van der Waals surface area contributed by atoms with E-state index in [1.807, 2.05) is 54.7 Å². The molecule has 1 N–H and O–H groups in total. The van der Waals surface area contributed by atoms with Crippen LogP contribution < -0.4 is 10.1 Å². The monoisotopic (exact) mass is 383 g/mol. The molecule has 0 spiro atoms. The summed E-state index contributed by atoms with van der Waals surface area (Å²) in [6.45, 7) is 3.32. The van der Waals surface area contributed by atoms with Gasteiger partial charge < -0.3 is 14.8 Å². The number of amides is 1. The summed E-state index contributed by atoms with van der Waals surface area (Å²) < 4.78 is 10.8. The third-order valence-electron chi connectivity index (χ3n) is 4.11. The second-order valence-electron chi connectivity index (χ2n) is 6.01. The van der Waals surface area contributed by atoms with Crippen molar-refractivity contribution in [1.82, 2.24) is 5.32 Å². The third-order valence-corrected chi connectivity index (χ3v) is 7.12. The van der Waals surface area contributed by atoms with Crippen LogP contribution in [0.25, 0.3) is 0 Å². The molecule has 25 heavy (non-hydrogen) atoms. The molecule has 1 unspecified atom stereocenters. The van der Waals surface area contributed by atoms with E-state index in [2.05, 4.69) is 5.32 Å². The summed E-state index contributed by atoms with van der Waals surface area (Å²) in [5.41, 5.74) is 0.241. The molecule has 1 atom stereocenters. The minimum absolute atomic E-state index is 0.140. The topological polar surface area (TPSA) is 64.6 Å². The molecule has 5 nitrogen and oxygen atoms in total. The van der Waals surface area contributed by atoms with Crippen LogP contribution in [-0.2, 0) is 14.3 Å². The molecule has 1 aromatic carbocycles. The minimum atomic E-state index is -1.03. The molecule has 1 amide bonds. The van der Waals surface area contributed by atoms with Crippen LogP contribution in [0, 0.1) is 0 Å². The van der Waals surface area contributed by atoms with E-state index in [9.17, 15) is 9.59 Å². The molecule has 0 radical (unpaired) electrons. The highest BCUT2D eigenvalue weighted by atomic mass is 32.2. The molecular weight excluding hydrogens is 358 g/mol. The molecule has 0 aliphatic carbocycles. The third kappa shape index (κ3) is 5.57. The largest absolute Gasteiger partial charge is 0.484 e. The van der Waals surface area contributed by atoms with Gasteiger partial charge in [0.05, 0.1) is 11.7 Å². The van der Waals surface area contributed by atoms with Gasteiger partial charge >= 0.3 is 5.97 Å². The first-order chi connectivity index (χ1) is 12.0. The van der Waals surface area contributed by atoms with Gasteiger partial charge in [-0.15, -0.1) is 23.5 Å². The summed E-state index contributed by atoms with van der Waals surface area (Å²) in [6.07, 6.45) is 1.71. The summed E-state index contributed by atoms with van der Waals surface area (Å²) in [6, 6.07) is 7.87. The molecule has 138 valence electrons. The minimum Gasteiger partial charge on any atom is -0.484 e. The molecule has 1 aromatic rings. The maximum atomic E-state index is 12.1. The van der Waals surface area contributed by atoms with Gasteiger partial charge in [-0.3, -0.25) is 4.79 Å². The predicted octanol–water partition coefficient (Wildman–Crippen LogP) is 3.39. The molecule has 1 fully saturated rings. The number of hydrogen-bond acceptors (Lipinski definition) is 6. The van der Waals surface area contributed by atoms with Crippen molar-refractivity contribution >= 4 is 35.4 Å². The second kappa shape index (κ2) is 9.38. The number of methoxy groups -OCH3 is 1. The van der Waals surface area contributed by atoms with Crippen LogP contribution in [0.1, 0.15) is 36.8 Å². The van der Waals surface area contributed by atoms with Gasteiger partial charge in [-0.05, 0) is 49.0 Å². The lowest BCUT2D eigenvalue weighted by Gasteiger charge is -2.26. The van der Waals surface area contributed by atoms with Gasteiger partial charge in [-0.25, -0.2) is 4.79 Å². The van der Waals surface area contributed by atoms with Gasteiger partial charge in [0.25, 0.3) is 5.91 Å². The van der Waals surface area contributed by atoms with Gasteiger partial charge in [-0.1, -0.05) is 19.1 Å². The van der Waals surface area contributed by atoms with Crippen LogP contribution in [0.15, 0.2) is 24.3 Å². The Balaban J connectivity index is 1.86. The number of nitrogens with one attached hydrogen (secondary N) is 1. The molecular formula is C18H25NO4S2. The lowest BCUT2D eigenvalue weighted by molar-refractivity contribution is -0.150. The molecule has 1 heterocycles. The standard InChI is InChI=1S/C18H25NO4S2/c1-4-18(2,17(21)22-3)19-15(20)12-23-14-8-6-13(7-9-14)16-24-10-5-11-25-16/h6-9,16H,4-5,10-12H2,1-3H3,(H,19,20). The van der Waals surface area contributed by atoms with Crippen molar-refractivity contribution in [3.05, 3.63) is 29.8 Å². The summed E-state index contributed by atoms with van der Waals surface area (Å²) in [4.78, 5) is 23.9. The lowest BCUT2D eigenvalue weighted by atomic mass is 9.99. The van der Waals surface area contributed by atoms with Gasteiger partial charge in [0, 0.05) is 0 Å². The van der Waals surface area contributed by atoms with Crippen molar-refractivity contribution in [3.63, 3.8) is 0 Å². The van der Waals surface area contributed by atoms with Gasteiger partial charge in [-0.2, -0.15) is 0 Å². The van der Waals surface area contributed by atoms with Crippen molar-refractivity contribution in [2.45, 2.75) is 36.8 Å². The Morgan fingerprint density at radius 2 is 1.88 bits per heavy atom. The number of esters is 1. The van der Waals surface area contributed by atoms with Crippen LogP contribution in [-0.4, -0.2) is 42.6 Å². The first kappa shape index (κ1) is 20.0. The zero-order valence-electron chi connectivity index (χ0n) is 14.9. The highest BCUT2D eigenvalue weighted by Crippen LogP contribution is 2.43. The predicted molar refractivity (Wildman–Crippen MR) is 103 cm³/mol. The number of rotatable bonds is 7. The molecule has 1 aliphatic rings. The Hall–Kier alpha value is -1.34. The first-order valence-electron chi connectivity index (χ1n) is 8.34. The van der Waals surface area contributed by atoms with E-state index in [4.69, 9.17) is 9.47 Å². The molecule has 0 bridgehead atoms. The number of hydrogen-bond donors (Lipinski definition) is 1. The zero-order valence-corrected chi connectivity index (χ0v) is 16.5. The van der Waals surface area contributed by atoms with E-state index in [0.717, 1.165) is 0 Å². The maximum absolute atomic E-state index is 12.1. The smallest absolute Gasteiger partial charge is 0.331 e. The number of ether oxygens (including phenoxy) is 2. The SMILES string of the molecule is CCC(C)(NC(=O)COc1ccc(C2SCCCS2)cc1)C(=O)OC. The maximum Gasteiger partial charge on any atom is 0.331 e. The molecule has 0 saturated carbocycles. The van der Waals surface area contributed by atoms with Gasteiger partial charge in [0.1, 0.15) is 11.3 Å². The van der Waals surface area contributed by atoms with E-state index in [0.29, 0.717) is 16.8 Å². The fraction of sp³-hybridized carbons (Fsp3) is 0.556. The Bertz CT molecular complexity index is 587. The Morgan fingerprint density at radius 3 is 2.44 bits per heavy atom. The van der Waals surface area contributed by atoms with Crippen LogP contribution in [0.2, 0.25) is 0 Å². The molecule has 0 aromatic heterocycles. The highest BCUT2D eigenvalue weighted by Gasteiger charge is 2.34. The zero-order chi connectivity index (χ0) is 18.3. The molecule has 1 saturated heterocycles. The van der Waals surface area contributed by atoms with Gasteiger partial charge in [0.15, 0.2) is 6.61 Å². The van der Waals surface area contributed by atoms with E-state index in [1.165, 1.54) is 30.6 Å². The van der Waals surface area contributed by atoms with Crippen LogP contribution in [0.5, 0.6) is 5.75 Å². The summed E-state index contributed by atoms with van der Waals surface area (Å²) in [5.74, 6) is 2.23. The summed E-state index contributed by atoms with van der Waals surface area (Å²) in [5, 5.41) is 2.68. The van der Waals surface area contributed by atoms with Gasteiger partial charge in [0.2, 0.25) is 0 Å². The molecule has 7 heteroatoms. The number of thioether (sulfide) groups is 2. The van der Waals surface area contributed by atoms with Crippen molar-refractivity contribution in [2.24, 2.45) is 0 Å². The molecule has 2 rings (SSSR count). The normalized spacial score (nSPS) is 17.4. The summed E-state index contributed by atoms with van der Waals surface area (Å²) in [7, 11) is 1.31. The number of benzene rings is 1. The Morgan fingerprint density at radius 1 is 1.24 bits per heavy atom. The highest BCUT2D eigenvalue weighted by molar-refractivity contribution is 8.16. The number of carbonyl (C=O) groups is 2. The van der Waals surface area contributed by atoms with E-state index >= 15 is 0 Å². The lowest BCUT2D eigenvalue weighted by Crippen LogP contribution is -2.53. The van der Waals surface area contributed by atoms with E-state index in [1.54, 1.807) is 6.92 Å². The average Bonchev–Trinajstić information content (AvgIpc) is 2.66. The van der Waals surface area contributed by atoms with E-state index in [-0.39, 0.29) is 12.5 Å². The quantitative estimate of drug-likeness (QED) is 0.728. The van der Waals surface area contributed by atoms with E-state index < -0.39 is 11.5 Å². The van der Waals surface area contributed by atoms with Crippen LogP contribution in [0.3, 0.4) is 0 Å². The van der Waals surface area contributed by atoms with Crippen molar-refractivity contribution in [1.29, 1.82) is 0 Å². The van der Waals surface area contributed by atoms with Crippen molar-refractivity contribution in [3.8, 4) is 5.75 Å². The second-order valence-corrected chi connectivity index (χ2v) is 8.73. The summed E-state index contributed by atoms with van der Waals surface area (Å²) >= 11 is 3.94. The molecule has 1 aliphatic heterocycles. The first-order valence-corrected chi connectivity index (χ1v) is 10.4. The Kier molecular flexibility index (Phi) is 7.50. The number of carbonyl (C=O) groups excluding carboxylic acids is 2. The average molecular weight is 384 g/mol. The fourth-order valence-electron chi connectivity index (χ4n) is 2.40. The van der Waals surface area contributed by atoms with Crippen molar-refractivity contribution < 1.29 is 19.1 Å². The fourth-order valence-corrected chi connectivity index (χ4v) is 5.30. The Labute approximate surface area is 157 Å². The van der Waals surface area contributed by atoms with Crippen LogP contribution in [0.4, 0.5) is 0 Å². The van der Waals surface area contributed by atoms with Crippen LogP contribution >= 0.6 is 23.5 Å².